The van der Waals surface area contributed by atoms with Gasteiger partial charge in [0.15, 0.2) is 0 Å². The number of rotatable bonds is 5. The number of hydrogen-bond acceptors (Lipinski definition) is 3. The Kier molecular flexibility index (Phi) is 5.02. The minimum atomic E-state index is 0.255. The van der Waals surface area contributed by atoms with Crippen molar-refractivity contribution in [3.8, 4) is 5.75 Å². The van der Waals surface area contributed by atoms with Gasteiger partial charge in [-0.1, -0.05) is 12.1 Å². The summed E-state index contributed by atoms with van der Waals surface area (Å²) in [6.45, 7) is 5.38. The van der Waals surface area contributed by atoms with Crippen molar-refractivity contribution >= 4 is 27.3 Å². The van der Waals surface area contributed by atoms with E-state index in [1.807, 2.05) is 13.0 Å². The molecular formula is C15H18BrNOS. The summed E-state index contributed by atoms with van der Waals surface area (Å²) in [4.78, 5) is 1.29. The van der Waals surface area contributed by atoms with E-state index in [0.29, 0.717) is 13.2 Å². The maximum absolute atomic E-state index is 5.95. The zero-order valence-electron chi connectivity index (χ0n) is 11.2. The van der Waals surface area contributed by atoms with Crippen LogP contribution in [0.2, 0.25) is 0 Å². The Morgan fingerprint density at radius 3 is 2.63 bits per heavy atom. The van der Waals surface area contributed by atoms with E-state index in [0.717, 1.165) is 15.1 Å². The summed E-state index contributed by atoms with van der Waals surface area (Å²) < 4.78 is 6.72. The van der Waals surface area contributed by atoms with E-state index in [4.69, 9.17) is 10.5 Å². The molecule has 0 fully saturated rings. The fourth-order valence-corrected chi connectivity index (χ4v) is 3.70. The van der Waals surface area contributed by atoms with Crippen molar-refractivity contribution in [1.82, 2.24) is 0 Å². The molecule has 2 rings (SSSR count). The molecule has 0 aliphatic carbocycles. The first-order valence-electron chi connectivity index (χ1n) is 6.34. The van der Waals surface area contributed by atoms with Gasteiger partial charge >= 0.3 is 0 Å². The minimum absolute atomic E-state index is 0.255. The predicted molar refractivity (Wildman–Crippen MR) is 85.3 cm³/mol. The largest absolute Gasteiger partial charge is 0.494 e. The van der Waals surface area contributed by atoms with E-state index in [9.17, 15) is 0 Å². The lowest BCUT2D eigenvalue weighted by molar-refractivity contribution is 0.338. The first kappa shape index (κ1) is 14.6. The maximum Gasteiger partial charge on any atom is 0.122 e. The topological polar surface area (TPSA) is 35.2 Å². The summed E-state index contributed by atoms with van der Waals surface area (Å²) in [7, 11) is 0. The lowest BCUT2D eigenvalue weighted by Gasteiger charge is -2.16. The van der Waals surface area contributed by atoms with Crippen molar-refractivity contribution in [3.05, 3.63) is 50.1 Å². The summed E-state index contributed by atoms with van der Waals surface area (Å²) in [5, 5.41) is 0. The van der Waals surface area contributed by atoms with Crippen molar-refractivity contribution in [2.45, 2.75) is 19.8 Å². The van der Waals surface area contributed by atoms with Crippen molar-refractivity contribution in [2.24, 2.45) is 5.73 Å². The highest BCUT2D eigenvalue weighted by atomic mass is 79.9. The van der Waals surface area contributed by atoms with Crippen LogP contribution in [0.3, 0.4) is 0 Å². The van der Waals surface area contributed by atoms with E-state index in [1.165, 1.54) is 10.4 Å². The van der Waals surface area contributed by atoms with Crippen LogP contribution in [-0.2, 0) is 0 Å². The number of aryl methyl sites for hydroxylation is 1. The van der Waals surface area contributed by atoms with Crippen LogP contribution in [-0.4, -0.2) is 13.2 Å². The van der Waals surface area contributed by atoms with E-state index in [2.05, 4.69) is 47.1 Å². The third-order valence-corrected chi connectivity index (χ3v) is 4.81. The molecule has 1 aromatic carbocycles. The zero-order chi connectivity index (χ0) is 13.8. The van der Waals surface area contributed by atoms with Gasteiger partial charge in [0.05, 0.1) is 10.4 Å². The summed E-state index contributed by atoms with van der Waals surface area (Å²) >= 11 is 5.25. The molecule has 0 bridgehead atoms. The molecule has 2 N–H and O–H groups in total. The van der Waals surface area contributed by atoms with Crippen LogP contribution in [0.5, 0.6) is 5.75 Å². The van der Waals surface area contributed by atoms with Crippen molar-refractivity contribution in [1.29, 1.82) is 0 Å². The van der Waals surface area contributed by atoms with Crippen LogP contribution in [0, 0.1) is 6.92 Å². The van der Waals surface area contributed by atoms with E-state index in [-0.39, 0.29) is 5.92 Å². The van der Waals surface area contributed by atoms with Crippen molar-refractivity contribution in [2.75, 3.05) is 13.2 Å². The fourth-order valence-electron chi connectivity index (χ4n) is 2.14. The van der Waals surface area contributed by atoms with Crippen molar-refractivity contribution in [3.63, 3.8) is 0 Å². The number of nitrogens with two attached hydrogens (primary N) is 1. The van der Waals surface area contributed by atoms with Crippen LogP contribution in [0.15, 0.2) is 34.1 Å². The molecule has 0 aliphatic heterocycles. The van der Waals surface area contributed by atoms with Gasteiger partial charge in [0.2, 0.25) is 0 Å². The zero-order valence-corrected chi connectivity index (χ0v) is 13.6. The number of hydrogen-bond donors (Lipinski definition) is 1. The molecule has 102 valence electrons. The van der Waals surface area contributed by atoms with Gasteiger partial charge in [-0.05, 0) is 59.1 Å². The SMILES string of the molecule is CCOc1ccc(C(CN)c2ccc(Br)s2)cc1C. The molecule has 1 aromatic heterocycles. The van der Waals surface area contributed by atoms with Gasteiger partial charge in [-0.3, -0.25) is 0 Å². The predicted octanol–water partition coefficient (Wildman–Crippen LogP) is 4.31. The average molecular weight is 340 g/mol. The van der Waals surface area contributed by atoms with Gasteiger partial charge in [-0.15, -0.1) is 11.3 Å². The second kappa shape index (κ2) is 6.55. The number of thiophene rings is 1. The molecule has 2 aromatic rings. The van der Waals surface area contributed by atoms with Crippen LogP contribution in [0.25, 0.3) is 0 Å². The van der Waals surface area contributed by atoms with Gasteiger partial charge in [0, 0.05) is 17.3 Å². The highest BCUT2D eigenvalue weighted by Gasteiger charge is 2.15. The molecule has 0 spiro atoms. The number of benzene rings is 1. The van der Waals surface area contributed by atoms with E-state index in [1.54, 1.807) is 11.3 Å². The normalized spacial score (nSPS) is 12.4. The second-order valence-corrected chi connectivity index (χ2v) is 6.88. The summed E-state index contributed by atoms with van der Waals surface area (Å²) in [5.41, 5.74) is 8.36. The second-order valence-electron chi connectivity index (χ2n) is 4.39. The summed E-state index contributed by atoms with van der Waals surface area (Å²) in [6, 6.07) is 10.5. The molecule has 1 heterocycles. The standard InChI is InChI=1S/C15H18BrNOS/c1-3-18-13-5-4-11(8-10(13)2)12(9-17)14-6-7-15(16)19-14/h4-8,12H,3,9,17H2,1-2H3. The Morgan fingerprint density at radius 2 is 2.11 bits per heavy atom. The molecule has 0 saturated heterocycles. The Balaban J connectivity index is 2.31. The van der Waals surface area contributed by atoms with Crippen LogP contribution < -0.4 is 10.5 Å². The Labute approximate surface area is 126 Å². The third-order valence-electron chi connectivity index (χ3n) is 3.07. The number of ether oxygens (including phenoxy) is 1. The van der Waals surface area contributed by atoms with Gasteiger partial charge in [-0.2, -0.15) is 0 Å². The molecule has 0 aliphatic rings. The molecule has 1 unspecified atom stereocenters. The Bertz CT molecular complexity index is 553. The van der Waals surface area contributed by atoms with Gasteiger partial charge in [0.1, 0.15) is 5.75 Å². The molecule has 19 heavy (non-hydrogen) atoms. The monoisotopic (exact) mass is 339 g/mol. The average Bonchev–Trinajstić information content (AvgIpc) is 2.80. The van der Waals surface area contributed by atoms with Crippen molar-refractivity contribution < 1.29 is 4.74 Å². The lowest BCUT2D eigenvalue weighted by Crippen LogP contribution is -2.13. The quantitative estimate of drug-likeness (QED) is 0.880. The highest BCUT2D eigenvalue weighted by Crippen LogP contribution is 2.33. The molecule has 0 amide bonds. The Hall–Kier alpha value is -0.840. The third kappa shape index (κ3) is 3.38. The summed E-state index contributed by atoms with van der Waals surface area (Å²) in [5.74, 6) is 1.21. The molecule has 2 nitrogen and oxygen atoms in total. The summed E-state index contributed by atoms with van der Waals surface area (Å²) in [6.07, 6.45) is 0. The fraction of sp³-hybridized carbons (Fsp3) is 0.333. The Morgan fingerprint density at radius 1 is 1.32 bits per heavy atom. The first-order valence-corrected chi connectivity index (χ1v) is 7.95. The van der Waals surface area contributed by atoms with Gasteiger partial charge in [0.25, 0.3) is 0 Å². The van der Waals surface area contributed by atoms with E-state index < -0.39 is 0 Å². The smallest absolute Gasteiger partial charge is 0.122 e. The molecule has 0 saturated carbocycles. The molecule has 0 radical (unpaired) electrons. The molecule has 4 heteroatoms. The minimum Gasteiger partial charge on any atom is -0.494 e. The molecular weight excluding hydrogens is 322 g/mol. The molecule has 1 atom stereocenters. The van der Waals surface area contributed by atoms with Crippen LogP contribution in [0.1, 0.15) is 28.8 Å². The first-order chi connectivity index (χ1) is 9.15. The van der Waals surface area contributed by atoms with Crippen LogP contribution in [0.4, 0.5) is 0 Å². The van der Waals surface area contributed by atoms with Crippen LogP contribution >= 0.6 is 27.3 Å². The highest BCUT2D eigenvalue weighted by molar-refractivity contribution is 9.11. The maximum atomic E-state index is 5.95. The lowest BCUT2D eigenvalue weighted by atomic mass is 9.96. The van der Waals surface area contributed by atoms with Gasteiger partial charge in [-0.25, -0.2) is 0 Å². The van der Waals surface area contributed by atoms with E-state index >= 15 is 0 Å². The van der Waals surface area contributed by atoms with Gasteiger partial charge < -0.3 is 10.5 Å². The number of halogens is 1.